The van der Waals surface area contributed by atoms with E-state index in [1.807, 2.05) is 0 Å². The quantitative estimate of drug-likeness (QED) is 0.708. The van der Waals surface area contributed by atoms with Gasteiger partial charge in [-0.15, -0.1) is 0 Å². The topological polar surface area (TPSA) is 4.93 Å². The van der Waals surface area contributed by atoms with Crippen LogP contribution in [0.2, 0.25) is 0 Å². The van der Waals surface area contributed by atoms with Gasteiger partial charge in [0.2, 0.25) is 0 Å². The molecule has 0 unspecified atom stereocenters. The standard InChI is InChI=1S/C11H12BrN/c1-8(2)13-10-6-4-3-5-9(10)7-11(13)12/h3-8H,1-2H3. The van der Waals surface area contributed by atoms with E-state index in [1.165, 1.54) is 10.9 Å². The molecule has 2 aromatic rings. The fraction of sp³-hybridized carbons (Fsp3) is 0.273. The van der Waals surface area contributed by atoms with Crippen molar-refractivity contribution < 1.29 is 0 Å². The minimum Gasteiger partial charge on any atom is -0.333 e. The van der Waals surface area contributed by atoms with Crippen LogP contribution in [0.15, 0.2) is 34.9 Å². The van der Waals surface area contributed by atoms with Gasteiger partial charge in [0.25, 0.3) is 0 Å². The molecular weight excluding hydrogens is 226 g/mol. The monoisotopic (exact) mass is 237 g/mol. The first-order valence-electron chi connectivity index (χ1n) is 4.45. The summed E-state index contributed by atoms with van der Waals surface area (Å²) in [5, 5.41) is 1.29. The van der Waals surface area contributed by atoms with E-state index in [9.17, 15) is 0 Å². The summed E-state index contributed by atoms with van der Waals surface area (Å²) in [5.41, 5.74) is 1.30. The summed E-state index contributed by atoms with van der Waals surface area (Å²) in [6.45, 7) is 4.38. The Bertz CT molecular complexity index is 429. The smallest absolute Gasteiger partial charge is 0.0859 e. The van der Waals surface area contributed by atoms with Gasteiger partial charge in [-0.05, 0) is 41.9 Å². The first-order valence-corrected chi connectivity index (χ1v) is 5.25. The molecule has 2 heteroatoms. The van der Waals surface area contributed by atoms with Crippen LogP contribution in [0.5, 0.6) is 0 Å². The van der Waals surface area contributed by atoms with Crippen LogP contribution in [-0.2, 0) is 0 Å². The first-order chi connectivity index (χ1) is 6.20. The zero-order chi connectivity index (χ0) is 9.42. The number of halogens is 1. The zero-order valence-electron chi connectivity index (χ0n) is 7.79. The number of hydrogen-bond acceptors (Lipinski definition) is 0. The molecule has 2 rings (SSSR count). The predicted molar refractivity (Wildman–Crippen MR) is 60.0 cm³/mol. The Morgan fingerprint density at radius 3 is 2.62 bits per heavy atom. The molecular formula is C11H12BrN. The summed E-state index contributed by atoms with van der Waals surface area (Å²) in [7, 11) is 0. The van der Waals surface area contributed by atoms with Gasteiger partial charge in [-0.2, -0.15) is 0 Å². The Hall–Kier alpha value is -0.760. The van der Waals surface area contributed by atoms with E-state index in [2.05, 4.69) is 64.7 Å². The summed E-state index contributed by atoms with van der Waals surface area (Å²) in [4.78, 5) is 0. The maximum absolute atomic E-state index is 3.57. The van der Waals surface area contributed by atoms with Crippen LogP contribution in [0.25, 0.3) is 10.9 Å². The fourth-order valence-electron chi connectivity index (χ4n) is 1.67. The number of rotatable bonds is 1. The van der Waals surface area contributed by atoms with Crippen LogP contribution in [0, 0.1) is 0 Å². The van der Waals surface area contributed by atoms with Crippen LogP contribution >= 0.6 is 15.9 Å². The van der Waals surface area contributed by atoms with Crippen LogP contribution in [0.3, 0.4) is 0 Å². The van der Waals surface area contributed by atoms with Gasteiger partial charge in [-0.25, -0.2) is 0 Å². The number of para-hydroxylation sites is 1. The molecule has 0 saturated carbocycles. The molecule has 1 nitrogen and oxygen atoms in total. The van der Waals surface area contributed by atoms with Gasteiger partial charge in [0, 0.05) is 16.9 Å². The second-order valence-electron chi connectivity index (χ2n) is 3.49. The lowest BCUT2D eigenvalue weighted by molar-refractivity contribution is 0.612. The molecule has 0 radical (unpaired) electrons. The van der Waals surface area contributed by atoms with Crippen molar-refractivity contribution >= 4 is 26.8 Å². The van der Waals surface area contributed by atoms with Crippen LogP contribution in [0.1, 0.15) is 19.9 Å². The van der Waals surface area contributed by atoms with Crippen molar-refractivity contribution in [2.24, 2.45) is 0 Å². The minimum atomic E-state index is 0.495. The molecule has 1 aromatic heterocycles. The number of hydrogen-bond donors (Lipinski definition) is 0. The van der Waals surface area contributed by atoms with Gasteiger partial charge in [0.05, 0.1) is 4.60 Å². The van der Waals surface area contributed by atoms with Crippen molar-refractivity contribution in [3.63, 3.8) is 0 Å². The van der Waals surface area contributed by atoms with Gasteiger partial charge in [-0.1, -0.05) is 18.2 Å². The highest BCUT2D eigenvalue weighted by molar-refractivity contribution is 9.10. The van der Waals surface area contributed by atoms with Crippen LogP contribution < -0.4 is 0 Å². The van der Waals surface area contributed by atoms with Crippen molar-refractivity contribution in [2.75, 3.05) is 0 Å². The zero-order valence-corrected chi connectivity index (χ0v) is 9.38. The van der Waals surface area contributed by atoms with E-state index < -0.39 is 0 Å². The van der Waals surface area contributed by atoms with Crippen LogP contribution in [0.4, 0.5) is 0 Å². The van der Waals surface area contributed by atoms with E-state index in [1.54, 1.807) is 0 Å². The largest absolute Gasteiger partial charge is 0.333 e. The van der Waals surface area contributed by atoms with Crippen molar-refractivity contribution in [1.82, 2.24) is 4.57 Å². The summed E-state index contributed by atoms with van der Waals surface area (Å²) in [5.74, 6) is 0. The average Bonchev–Trinajstić information content (AvgIpc) is 2.39. The second kappa shape index (κ2) is 3.18. The SMILES string of the molecule is CC(C)n1c(Br)cc2ccccc21. The van der Waals surface area contributed by atoms with E-state index in [4.69, 9.17) is 0 Å². The molecule has 0 N–H and O–H groups in total. The fourth-order valence-corrected chi connectivity index (χ4v) is 2.51. The Morgan fingerprint density at radius 1 is 1.23 bits per heavy atom. The van der Waals surface area contributed by atoms with Crippen molar-refractivity contribution in [3.05, 3.63) is 34.9 Å². The van der Waals surface area contributed by atoms with Gasteiger partial charge < -0.3 is 4.57 Å². The van der Waals surface area contributed by atoms with Gasteiger partial charge >= 0.3 is 0 Å². The lowest BCUT2D eigenvalue weighted by atomic mass is 10.2. The van der Waals surface area contributed by atoms with E-state index >= 15 is 0 Å². The molecule has 0 aliphatic heterocycles. The van der Waals surface area contributed by atoms with Crippen LogP contribution in [-0.4, -0.2) is 4.57 Å². The molecule has 0 amide bonds. The molecule has 68 valence electrons. The predicted octanol–water partition coefficient (Wildman–Crippen LogP) is 3.98. The molecule has 0 bridgehead atoms. The number of benzene rings is 1. The normalized spacial score (nSPS) is 11.4. The van der Waals surface area contributed by atoms with Gasteiger partial charge in [0.15, 0.2) is 0 Å². The summed E-state index contributed by atoms with van der Waals surface area (Å²) in [6, 6.07) is 11.1. The lowest BCUT2D eigenvalue weighted by Gasteiger charge is -2.10. The molecule has 0 fully saturated rings. The van der Waals surface area contributed by atoms with E-state index in [0.717, 1.165) is 4.60 Å². The van der Waals surface area contributed by atoms with E-state index in [0.29, 0.717) is 6.04 Å². The molecule has 0 atom stereocenters. The summed E-state index contributed by atoms with van der Waals surface area (Å²) >= 11 is 3.57. The maximum Gasteiger partial charge on any atom is 0.0859 e. The summed E-state index contributed by atoms with van der Waals surface area (Å²) in [6.07, 6.45) is 0. The molecule has 0 aliphatic carbocycles. The molecule has 0 aliphatic rings. The molecule has 0 spiro atoms. The Morgan fingerprint density at radius 2 is 1.92 bits per heavy atom. The molecule has 0 saturated heterocycles. The van der Waals surface area contributed by atoms with Crippen molar-refractivity contribution in [3.8, 4) is 0 Å². The second-order valence-corrected chi connectivity index (χ2v) is 4.30. The van der Waals surface area contributed by atoms with E-state index in [-0.39, 0.29) is 0 Å². The highest BCUT2D eigenvalue weighted by Crippen LogP contribution is 2.27. The van der Waals surface area contributed by atoms with Crippen molar-refractivity contribution in [2.45, 2.75) is 19.9 Å². The first kappa shape index (κ1) is 8.82. The number of fused-ring (bicyclic) bond motifs is 1. The Balaban J connectivity index is 2.78. The maximum atomic E-state index is 3.57. The summed E-state index contributed by atoms with van der Waals surface area (Å²) < 4.78 is 3.44. The molecule has 1 aromatic carbocycles. The minimum absolute atomic E-state index is 0.495. The molecule has 13 heavy (non-hydrogen) atoms. The molecule has 1 heterocycles. The van der Waals surface area contributed by atoms with Crippen molar-refractivity contribution in [1.29, 1.82) is 0 Å². The van der Waals surface area contributed by atoms with Gasteiger partial charge in [-0.3, -0.25) is 0 Å². The average molecular weight is 238 g/mol. The lowest BCUT2D eigenvalue weighted by Crippen LogP contribution is -1.99. The Labute approximate surface area is 86.5 Å². The highest BCUT2D eigenvalue weighted by atomic mass is 79.9. The third-order valence-electron chi connectivity index (χ3n) is 2.22. The Kier molecular flexibility index (Phi) is 2.16. The third kappa shape index (κ3) is 1.39. The number of aromatic nitrogens is 1. The third-order valence-corrected chi connectivity index (χ3v) is 2.83. The van der Waals surface area contributed by atoms with Gasteiger partial charge in [0.1, 0.15) is 0 Å². The number of nitrogens with zero attached hydrogens (tertiary/aromatic N) is 1. The highest BCUT2D eigenvalue weighted by Gasteiger charge is 2.07.